The summed E-state index contributed by atoms with van der Waals surface area (Å²) in [5.74, 6) is -0.869. The number of benzene rings is 2. The summed E-state index contributed by atoms with van der Waals surface area (Å²) in [4.78, 5) is 29.4. The normalized spacial score (nSPS) is 18.8. The van der Waals surface area contributed by atoms with Crippen LogP contribution in [0, 0.1) is 5.82 Å². The average Bonchev–Trinajstić information content (AvgIpc) is 3.14. The van der Waals surface area contributed by atoms with Gasteiger partial charge in [0.15, 0.2) is 12.5 Å². The molecule has 35 heavy (non-hydrogen) atoms. The molecular weight excluding hydrogens is 459 g/mol. The highest BCUT2D eigenvalue weighted by Gasteiger charge is 2.36. The molecule has 0 radical (unpaired) electrons. The van der Waals surface area contributed by atoms with Crippen molar-refractivity contribution in [3.05, 3.63) is 58.4 Å². The Morgan fingerprint density at radius 3 is 2.80 bits per heavy atom. The van der Waals surface area contributed by atoms with E-state index in [1.165, 1.54) is 17.0 Å². The summed E-state index contributed by atoms with van der Waals surface area (Å²) in [6.45, 7) is 4.39. The first-order valence-corrected chi connectivity index (χ1v) is 11.3. The van der Waals surface area contributed by atoms with Gasteiger partial charge in [0.1, 0.15) is 11.6 Å². The summed E-state index contributed by atoms with van der Waals surface area (Å²) < 4.78 is 30.4. The quantitative estimate of drug-likeness (QED) is 0.472. The zero-order valence-electron chi connectivity index (χ0n) is 19.0. The van der Waals surface area contributed by atoms with Gasteiger partial charge in [0.05, 0.1) is 32.1 Å². The number of halogens is 1. The molecule has 11 heteroatoms. The fourth-order valence-electron chi connectivity index (χ4n) is 4.50. The van der Waals surface area contributed by atoms with Crippen LogP contribution in [0.1, 0.15) is 27.0 Å². The van der Waals surface area contributed by atoms with Gasteiger partial charge in [-0.05, 0) is 30.3 Å². The SMILES string of the molecule is O=C(NCCN1CCOCC1)c1ccc2c(c1)N(Cc1cc(F)cc3c1OCOC3)C(=O)/C2=N\O. The third kappa shape index (κ3) is 4.70. The van der Waals surface area contributed by atoms with Gasteiger partial charge in [-0.2, -0.15) is 0 Å². The molecule has 0 spiro atoms. The van der Waals surface area contributed by atoms with Crippen molar-refractivity contribution < 1.29 is 33.4 Å². The molecule has 10 nitrogen and oxygen atoms in total. The van der Waals surface area contributed by atoms with E-state index in [1.807, 2.05) is 0 Å². The standard InChI is InChI=1S/C24H25FN4O6/c25-18-9-16(22-17(10-18)13-34-14-35-22)12-29-20-11-15(1-2-19(20)21(27-32)24(29)31)23(30)26-3-4-28-5-7-33-8-6-28/h1-2,9-11,32H,3-8,12-14H2,(H,26,30)/b27-21-. The number of carbonyl (C=O) groups is 2. The van der Waals surface area contributed by atoms with E-state index in [-0.39, 0.29) is 31.6 Å². The van der Waals surface area contributed by atoms with Crippen molar-refractivity contribution in [2.75, 3.05) is 51.1 Å². The number of fused-ring (bicyclic) bond motifs is 2. The van der Waals surface area contributed by atoms with Gasteiger partial charge in [0.25, 0.3) is 11.8 Å². The molecule has 2 aromatic rings. The number of morpholine rings is 1. The minimum Gasteiger partial charge on any atom is -0.467 e. The molecule has 3 aliphatic heterocycles. The largest absolute Gasteiger partial charge is 0.467 e. The van der Waals surface area contributed by atoms with E-state index >= 15 is 0 Å². The molecule has 0 aliphatic carbocycles. The summed E-state index contributed by atoms with van der Waals surface area (Å²) in [5.41, 5.74) is 1.98. The lowest BCUT2D eigenvalue weighted by Gasteiger charge is -2.26. The van der Waals surface area contributed by atoms with Crippen LogP contribution in [-0.2, 0) is 27.4 Å². The second-order valence-corrected chi connectivity index (χ2v) is 8.45. The second kappa shape index (κ2) is 9.98. The van der Waals surface area contributed by atoms with Gasteiger partial charge in [-0.3, -0.25) is 14.5 Å². The van der Waals surface area contributed by atoms with E-state index in [1.54, 1.807) is 18.2 Å². The van der Waals surface area contributed by atoms with Crippen molar-refractivity contribution in [3.63, 3.8) is 0 Å². The van der Waals surface area contributed by atoms with Crippen LogP contribution in [0.3, 0.4) is 0 Å². The maximum atomic E-state index is 14.2. The fourth-order valence-corrected chi connectivity index (χ4v) is 4.50. The van der Waals surface area contributed by atoms with Crippen LogP contribution in [0.2, 0.25) is 0 Å². The lowest BCUT2D eigenvalue weighted by molar-refractivity contribution is -0.112. The number of hydrogen-bond donors (Lipinski definition) is 2. The summed E-state index contributed by atoms with van der Waals surface area (Å²) >= 11 is 0. The molecule has 2 aromatic carbocycles. The predicted octanol–water partition coefficient (Wildman–Crippen LogP) is 1.48. The molecule has 0 unspecified atom stereocenters. The molecular formula is C24H25FN4O6. The highest BCUT2D eigenvalue weighted by Crippen LogP contribution is 2.36. The Hall–Kier alpha value is -3.54. The Morgan fingerprint density at radius 1 is 1.17 bits per heavy atom. The minimum atomic E-state index is -0.558. The monoisotopic (exact) mass is 484 g/mol. The third-order valence-corrected chi connectivity index (χ3v) is 6.25. The molecule has 0 bridgehead atoms. The smallest absolute Gasteiger partial charge is 0.281 e. The lowest BCUT2D eigenvalue weighted by atomic mass is 10.1. The first-order chi connectivity index (χ1) is 17.0. The number of anilines is 1. The molecule has 3 aliphatic rings. The van der Waals surface area contributed by atoms with E-state index in [0.717, 1.165) is 13.1 Å². The minimum absolute atomic E-state index is 0.0221. The van der Waals surface area contributed by atoms with E-state index in [9.17, 15) is 19.2 Å². The molecule has 3 heterocycles. The Bertz CT molecular complexity index is 1180. The van der Waals surface area contributed by atoms with Crippen molar-refractivity contribution in [2.24, 2.45) is 5.16 Å². The molecule has 1 fully saturated rings. The van der Waals surface area contributed by atoms with Crippen molar-refractivity contribution in [1.82, 2.24) is 10.2 Å². The van der Waals surface area contributed by atoms with Gasteiger partial charge in [-0.15, -0.1) is 0 Å². The third-order valence-electron chi connectivity index (χ3n) is 6.25. The van der Waals surface area contributed by atoms with Crippen LogP contribution in [0.15, 0.2) is 35.5 Å². The van der Waals surface area contributed by atoms with Crippen LogP contribution in [-0.4, -0.2) is 73.8 Å². The Balaban J connectivity index is 1.37. The van der Waals surface area contributed by atoms with Crippen molar-refractivity contribution in [2.45, 2.75) is 13.2 Å². The van der Waals surface area contributed by atoms with Gasteiger partial charge in [-0.25, -0.2) is 4.39 Å². The van der Waals surface area contributed by atoms with E-state index in [2.05, 4.69) is 15.4 Å². The van der Waals surface area contributed by atoms with Crippen LogP contribution in [0.5, 0.6) is 5.75 Å². The van der Waals surface area contributed by atoms with Gasteiger partial charge in [0.2, 0.25) is 0 Å². The second-order valence-electron chi connectivity index (χ2n) is 8.45. The number of oxime groups is 1. The van der Waals surface area contributed by atoms with Gasteiger partial charge in [0, 0.05) is 48.4 Å². The zero-order valence-corrected chi connectivity index (χ0v) is 19.0. The highest BCUT2D eigenvalue weighted by atomic mass is 19.1. The average molecular weight is 484 g/mol. The first-order valence-electron chi connectivity index (χ1n) is 11.3. The van der Waals surface area contributed by atoms with Crippen LogP contribution in [0.25, 0.3) is 0 Å². The molecule has 0 saturated carbocycles. The first kappa shape index (κ1) is 23.2. The summed E-state index contributed by atoms with van der Waals surface area (Å²) in [6.07, 6.45) is 0. The van der Waals surface area contributed by atoms with Crippen LogP contribution < -0.4 is 15.0 Å². The predicted molar refractivity (Wildman–Crippen MR) is 122 cm³/mol. The number of ether oxygens (including phenoxy) is 3. The Morgan fingerprint density at radius 2 is 2.00 bits per heavy atom. The number of hydrogen-bond acceptors (Lipinski definition) is 8. The highest BCUT2D eigenvalue weighted by molar-refractivity contribution is 6.54. The van der Waals surface area contributed by atoms with Gasteiger partial charge < -0.3 is 29.6 Å². The van der Waals surface area contributed by atoms with Gasteiger partial charge >= 0.3 is 0 Å². The summed E-state index contributed by atoms with van der Waals surface area (Å²) in [7, 11) is 0. The number of nitrogens with zero attached hydrogens (tertiary/aromatic N) is 3. The molecule has 0 atom stereocenters. The zero-order chi connectivity index (χ0) is 24.4. The number of amides is 2. The van der Waals surface area contributed by atoms with Gasteiger partial charge in [-0.1, -0.05) is 5.16 Å². The van der Waals surface area contributed by atoms with Crippen LogP contribution >= 0.6 is 0 Å². The molecule has 0 aromatic heterocycles. The Labute approximate surface area is 200 Å². The topological polar surface area (TPSA) is 113 Å². The molecule has 2 amide bonds. The maximum absolute atomic E-state index is 14.2. The molecule has 2 N–H and O–H groups in total. The van der Waals surface area contributed by atoms with Crippen molar-refractivity contribution in [3.8, 4) is 5.75 Å². The van der Waals surface area contributed by atoms with Crippen molar-refractivity contribution >= 4 is 23.2 Å². The van der Waals surface area contributed by atoms with E-state index in [4.69, 9.17) is 14.2 Å². The van der Waals surface area contributed by atoms with Crippen molar-refractivity contribution in [1.29, 1.82) is 0 Å². The summed E-state index contributed by atoms with van der Waals surface area (Å²) in [6, 6.07) is 7.36. The fraction of sp³-hybridized carbons (Fsp3) is 0.375. The number of carbonyl (C=O) groups excluding carboxylic acids is 2. The number of rotatable bonds is 6. The Kier molecular flexibility index (Phi) is 6.62. The van der Waals surface area contributed by atoms with E-state index < -0.39 is 11.7 Å². The molecule has 184 valence electrons. The lowest BCUT2D eigenvalue weighted by Crippen LogP contribution is -2.41. The van der Waals surface area contributed by atoms with E-state index in [0.29, 0.717) is 60.0 Å². The maximum Gasteiger partial charge on any atom is 0.281 e. The number of nitrogens with one attached hydrogen (secondary N) is 1. The molecule has 5 rings (SSSR count). The molecule has 1 saturated heterocycles. The summed E-state index contributed by atoms with van der Waals surface area (Å²) in [5, 5.41) is 15.5. The van der Waals surface area contributed by atoms with Crippen LogP contribution in [0.4, 0.5) is 10.1 Å².